The van der Waals surface area contributed by atoms with Gasteiger partial charge in [-0.2, -0.15) is 5.10 Å². The van der Waals surface area contributed by atoms with E-state index in [9.17, 15) is 4.79 Å². The van der Waals surface area contributed by atoms with Crippen molar-refractivity contribution in [3.63, 3.8) is 0 Å². The van der Waals surface area contributed by atoms with Gasteiger partial charge in [-0.25, -0.2) is 4.98 Å². The first-order valence-electron chi connectivity index (χ1n) is 9.10. The van der Waals surface area contributed by atoms with Crippen molar-refractivity contribution in [2.75, 3.05) is 10.6 Å². The smallest absolute Gasteiger partial charge is 0.237 e. The number of rotatable bonds is 4. The van der Waals surface area contributed by atoms with Crippen LogP contribution in [0.1, 0.15) is 46.1 Å². The number of nitrogens with one attached hydrogen (secondary N) is 2. The molecule has 0 fully saturated rings. The van der Waals surface area contributed by atoms with E-state index in [0.717, 1.165) is 35.1 Å². The van der Waals surface area contributed by atoms with Crippen molar-refractivity contribution in [2.24, 2.45) is 0 Å². The summed E-state index contributed by atoms with van der Waals surface area (Å²) in [5.41, 5.74) is 10.4. The van der Waals surface area contributed by atoms with Gasteiger partial charge in [-0.15, -0.1) is 0 Å². The second-order valence-corrected chi connectivity index (χ2v) is 7.22. The van der Waals surface area contributed by atoms with Crippen LogP contribution in [0.3, 0.4) is 0 Å². The molecule has 4 rings (SSSR count). The van der Waals surface area contributed by atoms with Gasteiger partial charge < -0.3 is 15.6 Å². The summed E-state index contributed by atoms with van der Waals surface area (Å²) in [5.74, 6) is 0.820. The summed E-state index contributed by atoms with van der Waals surface area (Å²) in [4.78, 5) is 23.1. The van der Waals surface area contributed by atoms with Crippen molar-refractivity contribution in [1.29, 1.82) is 0 Å². The largest absolute Gasteiger partial charge is 0.396 e. The van der Waals surface area contributed by atoms with E-state index in [1.165, 1.54) is 0 Å². The van der Waals surface area contributed by atoms with E-state index in [-0.39, 0.29) is 11.9 Å². The Morgan fingerprint density at radius 2 is 2.00 bits per heavy atom. The molecule has 7 heteroatoms. The highest BCUT2D eigenvalue weighted by Crippen LogP contribution is 2.48. The molecule has 0 atom stereocenters. The van der Waals surface area contributed by atoms with Crippen LogP contribution in [-0.2, 0) is 10.2 Å². The van der Waals surface area contributed by atoms with Crippen LogP contribution < -0.4 is 10.6 Å². The molecule has 0 unspecified atom stereocenters. The Morgan fingerprint density at radius 3 is 2.58 bits per heavy atom. The van der Waals surface area contributed by atoms with Crippen LogP contribution in [0.15, 0.2) is 18.3 Å². The molecule has 0 aliphatic carbocycles. The van der Waals surface area contributed by atoms with Crippen molar-refractivity contribution in [3.8, 4) is 11.5 Å². The van der Waals surface area contributed by atoms with Gasteiger partial charge in [0, 0.05) is 12.2 Å². The zero-order valence-electron chi connectivity index (χ0n) is 15.6. The minimum atomic E-state index is -0.468. The lowest BCUT2D eigenvalue weighted by molar-refractivity contribution is -0.123. The number of hydrogen-bond donors (Lipinski definition) is 3. The van der Waals surface area contributed by atoms with Gasteiger partial charge in [-0.1, -0.05) is 13.8 Å². The molecular weight excluding hydrogens is 328 g/mol. The molecule has 4 N–H and O–H groups in total. The Kier molecular flexibility index (Phi) is 3.57. The number of nitrogens with two attached hydrogens (primary N) is 1. The molecule has 0 spiro atoms. The summed E-state index contributed by atoms with van der Waals surface area (Å²) in [5, 5.41) is 6.93. The highest BCUT2D eigenvalue weighted by Gasteiger charge is 2.49. The van der Waals surface area contributed by atoms with Crippen molar-refractivity contribution >= 4 is 28.3 Å². The second-order valence-electron chi connectivity index (χ2n) is 7.22. The van der Waals surface area contributed by atoms with E-state index in [1.54, 1.807) is 6.20 Å². The first-order valence-corrected chi connectivity index (χ1v) is 9.10. The number of anilines is 2. The third kappa shape index (κ3) is 2.03. The fourth-order valence-corrected chi connectivity index (χ4v) is 4.13. The Morgan fingerprint density at radius 1 is 1.27 bits per heavy atom. The molecule has 136 valence electrons. The molecule has 1 amide bonds. The van der Waals surface area contributed by atoms with Crippen LogP contribution in [0, 0.1) is 0 Å². The average molecular weight is 352 g/mol. The fraction of sp³-hybridized carbons (Fsp3) is 0.421. The number of fused-ring (bicyclic) bond motifs is 2. The van der Waals surface area contributed by atoms with Crippen LogP contribution in [0.5, 0.6) is 0 Å². The third-order valence-electron chi connectivity index (χ3n) is 5.62. The molecular formula is C19H24N6O. The molecule has 1 aliphatic rings. The summed E-state index contributed by atoms with van der Waals surface area (Å²) in [6.07, 6.45) is 3.19. The number of nitrogen functional groups attached to an aromatic ring is 1. The zero-order valence-corrected chi connectivity index (χ0v) is 15.6. The lowest BCUT2D eigenvalue weighted by Gasteiger charge is -2.27. The molecule has 3 aromatic rings. The SMILES string of the molecule is CCC1(CC)C(=O)N(C(C)C)c2cc3nc(-c4n[nH]cc4N)[nH]c3cc21. The highest BCUT2D eigenvalue weighted by molar-refractivity contribution is 6.10. The highest BCUT2D eigenvalue weighted by atomic mass is 16.2. The monoisotopic (exact) mass is 352 g/mol. The molecule has 2 aromatic heterocycles. The summed E-state index contributed by atoms with van der Waals surface area (Å²) < 4.78 is 0. The van der Waals surface area contributed by atoms with Gasteiger partial charge in [0.15, 0.2) is 11.5 Å². The Balaban J connectivity index is 1.95. The molecule has 0 bridgehead atoms. The van der Waals surface area contributed by atoms with Crippen LogP contribution >= 0.6 is 0 Å². The van der Waals surface area contributed by atoms with Crippen LogP contribution in [0.25, 0.3) is 22.6 Å². The summed E-state index contributed by atoms with van der Waals surface area (Å²) in [7, 11) is 0. The van der Waals surface area contributed by atoms with E-state index in [1.807, 2.05) is 24.8 Å². The van der Waals surface area contributed by atoms with Gasteiger partial charge in [-0.05, 0) is 44.4 Å². The summed E-state index contributed by atoms with van der Waals surface area (Å²) in [6, 6.07) is 4.19. The molecule has 0 radical (unpaired) electrons. The Labute approximate surface area is 152 Å². The number of carbonyl (C=O) groups is 1. The fourth-order valence-electron chi connectivity index (χ4n) is 4.13. The van der Waals surface area contributed by atoms with E-state index in [0.29, 0.717) is 17.2 Å². The normalized spacial score (nSPS) is 16.0. The molecule has 26 heavy (non-hydrogen) atoms. The molecule has 1 aromatic carbocycles. The maximum atomic E-state index is 13.3. The predicted octanol–water partition coefficient (Wildman–Crippen LogP) is 3.35. The molecule has 3 heterocycles. The molecule has 7 nitrogen and oxygen atoms in total. The number of aromatic nitrogens is 4. The zero-order chi connectivity index (χ0) is 18.6. The number of nitrogens with zero attached hydrogens (tertiary/aromatic N) is 3. The van der Waals surface area contributed by atoms with E-state index in [4.69, 9.17) is 5.73 Å². The third-order valence-corrected chi connectivity index (χ3v) is 5.62. The average Bonchev–Trinajstić information content (AvgIpc) is 3.26. The second kappa shape index (κ2) is 5.59. The van der Waals surface area contributed by atoms with Gasteiger partial charge in [0.05, 0.1) is 27.8 Å². The van der Waals surface area contributed by atoms with Crippen molar-refractivity contribution in [3.05, 3.63) is 23.9 Å². The Hall–Kier alpha value is -2.83. The minimum Gasteiger partial charge on any atom is -0.396 e. The van der Waals surface area contributed by atoms with Crippen LogP contribution in [-0.4, -0.2) is 32.1 Å². The number of carbonyl (C=O) groups excluding carboxylic acids is 1. The van der Waals surface area contributed by atoms with E-state index in [2.05, 4.69) is 40.1 Å². The maximum Gasteiger partial charge on any atom is 0.237 e. The van der Waals surface area contributed by atoms with Crippen molar-refractivity contribution in [2.45, 2.75) is 52.0 Å². The number of H-pyrrole nitrogens is 2. The topological polar surface area (TPSA) is 104 Å². The minimum absolute atomic E-state index is 0.0964. The number of hydrogen-bond acceptors (Lipinski definition) is 4. The van der Waals surface area contributed by atoms with E-state index < -0.39 is 5.41 Å². The standard InChI is InChI=1S/C19H24N6O/c1-5-19(6-2)11-7-13-14(8-15(11)25(10(3)4)18(19)26)23-17(22-13)16-12(20)9-21-24-16/h7-10H,5-6,20H2,1-4H3,(H,21,24)(H,22,23). The summed E-state index contributed by atoms with van der Waals surface area (Å²) >= 11 is 0. The van der Waals surface area contributed by atoms with E-state index >= 15 is 0 Å². The molecule has 0 saturated carbocycles. The number of imidazole rings is 1. The van der Waals surface area contributed by atoms with Crippen molar-refractivity contribution in [1.82, 2.24) is 20.2 Å². The number of aromatic amines is 2. The first-order chi connectivity index (χ1) is 12.4. The van der Waals surface area contributed by atoms with Gasteiger partial charge in [0.1, 0.15) is 0 Å². The maximum absolute atomic E-state index is 13.3. The van der Waals surface area contributed by atoms with Crippen LogP contribution in [0.2, 0.25) is 0 Å². The summed E-state index contributed by atoms with van der Waals surface area (Å²) in [6.45, 7) is 8.27. The number of amides is 1. The number of benzene rings is 1. The van der Waals surface area contributed by atoms with Gasteiger partial charge in [0.2, 0.25) is 5.91 Å². The van der Waals surface area contributed by atoms with Gasteiger partial charge >= 0.3 is 0 Å². The van der Waals surface area contributed by atoms with Crippen LogP contribution in [0.4, 0.5) is 11.4 Å². The van der Waals surface area contributed by atoms with Gasteiger partial charge in [-0.3, -0.25) is 9.89 Å². The predicted molar refractivity (Wildman–Crippen MR) is 103 cm³/mol. The first kappa shape index (κ1) is 16.6. The van der Waals surface area contributed by atoms with Gasteiger partial charge in [0.25, 0.3) is 0 Å². The lowest BCUT2D eigenvalue weighted by atomic mass is 9.77. The lowest BCUT2D eigenvalue weighted by Crippen LogP contribution is -2.42. The quantitative estimate of drug-likeness (QED) is 0.670. The Bertz CT molecular complexity index is 995. The molecule has 1 aliphatic heterocycles. The van der Waals surface area contributed by atoms with Crippen molar-refractivity contribution < 1.29 is 4.79 Å². The molecule has 0 saturated heterocycles.